The maximum Gasteiger partial charge on any atom is 0.409 e. The number of benzene rings is 2. The summed E-state index contributed by atoms with van der Waals surface area (Å²) in [5.74, 6) is 0. The number of aryl methyl sites for hydroxylation is 2. The van der Waals surface area contributed by atoms with Crippen LogP contribution in [0, 0.1) is 20.8 Å². The molecule has 2 aromatic rings. The maximum atomic E-state index is 14.5. The van der Waals surface area contributed by atoms with Crippen molar-refractivity contribution in [3.05, 3.63) is 69.3 Å². The van der Waals surface area contributed by atoms with Gasteiger partial charge in [-0.15, -0.1) is 0 Å². The van der Waals surface area contributed by atoms with Crippen LogP contribution in [0.15, 0.2) is 34.7 Å². The number of urea groups is 1. The monoisotopic (exact) mass is 489 g/mol. The SMILES string of the molecule is CNC(=O)N1CC2(C1)OCc1cc(C3=NSC(c4cc(C)c(C)c(C)c4)(C(F)(F)F)C3)ccc12. The highest BCUT2D eigenvalue weighted by atomic mass is 32.2. The molecule has 1 saturated heterocycles. The maximum absolute atomic E-state index is 14.5. The molecule has 1 unspecified atom stereocenters. The lowest BCUT2D eigenvalue weighted by Gasteiger charge is -2.47. The van der Waals surface area contributed by atoms with E-state index in [0.29, 0.717) is 42.9 Å². The Morgan fingerprint density at radius 2 is 1.82 bits per heavy atom. The molecule has 1 atom stereocenters. The number of rotatable bonds is 2. The van der Waals surface area contributed by atoms with Crippen molar-refractivity contribution in [2.75, 3.05) is 20.1 Å². The summed E-state index contributed by atoms with van der Waals surface area (Å²) in [7, 11) is 1.59. The van der Waals surface area contributed by atoms with E-state index in [2.05, 4.69) is 9.71 Å². The Hall–Kier alpha value is -2.52. The fraction of sp³-hybridized carbons (Fsp3) is 0.440. The van der Waals surface area contributed by atoms with Gasteiger partial charge in [-0.3, -0.25) is 0 Å². The lowest BCUT2D eigenvalue weighted by Crippen LogP contribution is -2.62. The molecule has 0 saturated carbocycles. The highest BCUT2D eigenvalue weighted by molar-refractivity contribution is 7.99. The van der Waals surface area contributed by atoms with Crippen LogP contribution in [0.25, 0.3) is 0 Å². The molecule has 5 rings (SSSR count). The van der Waals surface area contributed by atoms with Crippen LogP contribution in [0.3, 0.4) is 0 Å². The molecule has 2 amide bonds. The molecule has 1 fully saturated rings. The Bertz CT molecular complexity index is 1200. The number of likely N-dealkylation sites (tertiary alicyclic amines) is 1. The third-order valence-corrected chi connectivity index (χ3v) is 8.64. The lowest BCUT2D eigenvalue weighted by molar-refractivity contribution is -0.159. The Morgan fingerprint density at radius 1 is 1.15 bits per heavy atom. The van der Waals surface area contributed by atoms with Crippen molar-refractivity contribution in [1.82, 2.24) is 10.2 Å². The van der Waals surface area contributed by atoms with E-state index in [-0.39, 0.29) is 18.0 Å². The number of ether oxygens (including phenoxy) is 1. The number of hydrogen-bond donors (Lipinski definition) is 1. The number of halogens is 3. The van der Waals surface area contributed by atoms with Gasteiger partial charge < -0.3 is 15.0 Å². The van der Waals surface area contributed by atoms with Gasteiger partial charge in [-0.05, 0) is 77.7 Å². The first-order chi connectivity index (χ1) is 16.0. The van der Waals surface area contributed by atoms with Crippen molar-refractivity contribution in [2.24, 2.45) is 4.40 Å². The van der Waals surface area contributed by atoms with E-state index in [1.807, 2.05) is 39.0 Å². The third kappa shape index (κ3) is 3.35. The zero-order valence-electron chi connectivity index (χ0n) is 19.5. The number of hydrogen-bond acceptors (Lipinski definition) is 4. The normalized spacial score (nSPS) is 23.0. The van der Waals surface area contributed by atoms with E-state index in [1.54, 1.807) is 24.1 Å². The summed E-state index contributed by atoms with van der Waals surface area (Å²) in [5, 5.41) is 2.61. The molecule has 1 spiro atoms. The van der Waals surface area contributed by atoms with Gasteiger partial charge in [0.25, 0.3) is 0 Å². The summed E-state index contributed by atoms with van der Waals surface area (Å²) in [6.45, 7) is 6.90. The first-order valence-electron chi connectivity index (χ1n) is 11.1. The van der Waals surface area contributed by atoms with Crippen LogP contribution < -0.4 is 5.32 Å². The van der Waals surface area contributed by atoms with Gasteiger partial charge in [0.1, 0.15) is 5.60 Å². The van der Waals surface area contributed by atoms with E-state index < -0.39 is 16.5 Å². The molecule has 0 aromatic heterocycles. The highest BCUT2D eigenvalue weighted by Crippen LogP contribution is 2.57. The number of amides is 2. The minimum absolute atomic E-state index is 0.151. The quantitative estimate of drug-likeness (QED) is 0.583. The predicted molar refractivity (Wildman–Crippen MR) is 126 cm³/mol. The highest BCUT2D eigenvalue weighted by Gasteiger charge is 2.60. The van der Waals surface area contributed by atoms with E-state index in [1.165, 1.54) is 0 Å². The van der Waals surface area contributed by atoms with E-state index in [4.69, 9.17) is 4.74 Å². The van der Waals surface area contributed by atoms with E-state index in [0.717, 1.165) is 27.8 Å². The van der Waals surface area contributed by atoms with Gasteiger partial charge in [-0.25, -0.2) is 9.19 Å². The molecule has 5 nitrogen and oxygen atoms in total. The number of nitrogens with zero attached hydrogens (tertiary/aromatic N) is 2. The Labute approximate surface area is 200 Å². The first kappa shape index (κ1) is 23.2. The van der Waals surface area contributed by atoms with Crippen molar-refractivity contribution >= 4 is 23.7 Å². The largest absolute Gasteiger partial charge is 0.409 e. The second-order valence-electron chi connectivity index (χ2n) is 9.43. The fourth-order valence-electron chi connectivity index (χ4n) is 5.09. The third-order valence-electron chi connectivity index (χ3n) is 7.41. The summed E-state index contributed by atoms with van der Waals surface area (Å²) in [4.78, 5) is 13.5. The lowest BCUT2D eigenvalue weighted by atomic mass is 9.83. The van der Waals surface area contributed by atoms with E-state index >= 15 is 0 Å². The van der Waals surface area contributed by atoms with Gasteiger partial charge in [0, 0.05) is 13.5 Å². The molecule has 0 bridgehead atoms. The first-order valence-corrected chi connectivity index (χ1v) is 11.9. The average Bonchev–Trinajstić information content (AvgIpc) is 3.38. The summed E-state index contributed by atoms with van der Waals surface area (Å²) in [6, 6.07) is 8.79. The molecule has 1 N–H and O–H groups in total. The molecule has 180 valence electrons. The Kier molecular flexibility index (Phi) is 5.29. The molecular weight excluding hydrogens is 463 g/mol. The molecule has 3 heterocycles. The number of nitrogens with one attached hydrogen (secondary N) is 1. The fourth-order valence-corrected chi connectivity index (χ4v) is 6.06. The van der Waals surface area contributed by atoms with Crippen LogP contribution in [-0.2, 0) is 21.7 Å². The second kappa shape index (κ2) is 7.75. The van der Waals surface area contributed by atoms with Crippen LogP contribution in [0.5, 0.6) is 0 Å². The summed E-state index contributed by atoms with van der Waals surface area (Å²) < 4.78 is 51.8. The molecule has 3 aliphatic rings. The number of carbonyl (C=O) groups excluding carboxylic acids is 1. The van der Waals surface area contributed by atoms with Gasteiger partial charge in [0.05, 0.1) is 25.4 Å². The predicted octanol–water partition coefficient (Wildman–Crippen LogP) is 5.29. The van der Waals surface area contributed by atoms with Gasteiger partial charge in [0.15, 0.2) is 4.75 Å². The van der Waals surface area contributed by atoms with Gasteiger partial charge in [-0.1, -0.05) is 24.3 Å². The number of carbonyl (C=O) groups is 1. The minimum atomic E-state index is -4.46. The molecule has 9 heteroatoms. The van der Waals surface area contributed by atoms with Gasteiger partial charge in [-0.2, -0.15) is 13.2 Å². The molecule has 0 aliphatic carbocycles. The zero-order valence-corrected chi connectivity index (χ0v) is 20.3. The molecule has 3 aliphatic heterocycles. The van der Waals surface area contributed by atoms with Crippen molar-refractivity contribution < 1.29 is 22.7 Å². The smallest absolute Gasteiger partial charge is 0.362 e. The summed E-state index contributed by atoms with van der Waals surface area (Å²) in [5.41, 5.74) is 5.46. The second-order valence-corrected chi connectivity index (χ2v) is 10.5. The van der Waals surface area contributed by atoms with E-state index in [9.17, 15) is 18.0 Å². The zero-order chi connectivity index (χ0) is 24.5. The topological polar surface area (TPSA) is 53.9 Å². The summed E-state index contributed by atoms with van der Waals surface area (Å²) >= 11 is 0.611. The van der Waals surface area contributed by atoms with Crippen LogP contribution in [0.4, 0.5) is 18.0 Å². The molecule has 0 radical (unpaired) electrons. The summed E-state index contributed by atoms with van der Waals surface area (Å²) in [6.07, 6.45) is -4.69. The Morgan fingerprint density at radius 3 is 2.44 bits per heavy atom. The van der Waals surface area contributed by atoms with Crippen molar-refractivity contribution in [2.45, 2.75) is 50.3 Å². The van der Waals surface area contributed by atoms with Crippen molar-refractivity contribution in [3.63, 3.8) is 0 Å². The van der Waals surface area contributed by atoms with Crippen LogP contribution in [0.1, 0.15) is 45.4 Å². The molecule has 34 heavy (non-hydrogen) atoms. The van der Waals surface area contributed by atoms with Crippen LogP contribution in [0.2, 0.25) is 0 Å². The number of alkyl halides is 3. The van der Waals surface area contributed by atoms with Crippen molar-refractivity contribution in [1.29, 1.82) is 0 Å². The van der Waals surface area contributed by atoms with Crippen LogP contribution in [-0.4, -0.2) is 43.0 Å². The van der Waals surface area contributed by atoms with Gasteiger partial charge >= 0.3 is 12.2 Å². The van der Waals surface area contributed by atoms with Gasteiger partial charge in [0.2, 0.25) is 0 Å². The van der Waals surface area contributed by atoms with Crippen molar-refractivity contribution in [3.8, 4) is 0 Å². The Balaban J connectivity index is 1.43. The standard InChI is InChI=1S/C25H26F3N3O2S/c1-14-7-19(8-15(2)16(14)3)24(25(26,27)28)10-21(30-34-24)17-5-6-20-18(9-17)11-33-23(20)12-31(13-23)22(32)29-4/h5-9H,10-13H2,1-4H3,(H,29,32). The number of fused-ring (bicyclic) bond motifs is 2. The average molecular weight is 490 g/mol. The molecule has 2 aromatic carbocycles. The van der Waals surface area contributed by atoms with Crippen LogP contribution >= 0.6 is 11.9 Å². The minimum Gasteiger partial charge on any atom is -0.362 e. The molecular formula is C25H26F3N3O2S.